The van der Waals surface area contributed by atoms with E-state index in [9.17, 15) is 4.79 Å². The van der Waals surface area contributed by atoms with Crippen LogP contribution < -0.4 is 9.64 Å². The molecule has 6 heteroatoms. The van der Waals surface area contributed by atoms with E-state index in [0.717, 1.165) is 35.4 Å². The Morgan fingerprint density at radius 2 is 2.15 bits per heavy atom. The molecule has 1 saturated heterocycles. The van der Waals surface area contributed by atoms with Crippen molar-refractivity contribution in [1.29, 1.82) is 0 Å². The number of hydrogen-bond donors (Lipinski definition) is 0. The second-order valence-corrected chi connectivity index (χ2v) is 7.48. The highest BCUT2D eigenvalue weighted by Crippen LogP contribution is 2.33. The predicted octanol–water partition coefficient (Wildman–Crippen LogP) is 4.52. The van der Waals surface area contributed by atoms with Crippen molar-refractivity contribution in [2.24, 2.45) is 0 Å². The lowest BCUT2D eigenvalue weighted by Gasteiger charge is -2.23. The molecule has 1 amide bonds. The first kappa shape index (κ1) is 17.9. The van der Waals surface area contributed by atoms with Crippen molar-refractivity contribution in [1.82, 2.24) is 4.98 Å². The molecule has 1 atom stereocenters. The van der Waals surface area contributed by atoms with E-state index >= 15 is 0 Å². The Morgan fingerprint density at radius 1 is 1.30 bits per heavy atom. The molecule has 1 aliphatic rings. The lowest BCUT2D eigenvalue weighted by atomic mass is 10.2. The zero-order chi connectivity index (χ0) is 18.6. The van der Waals surface area contributed by atoms with Crippen molar-refractivity contribution in [3.05, 3.63) is 54.1 Å². The van der Waals surface area contributed by atoms with Crippen LogP contribution in [-0.4, -0.2) is 36.8 Å². The molecule has 140 valence electrons. The SMILES string of the molecule is CCOc1ccc2nc(N(CC3CCCO3)C(=O)c3ccccc3)sc2c1. The Balaban J connectivity index is 1.68. The molecule has 0 saturated carbocycles. The average molecular weight is 382 g/mol. The maximum atomic E-state index is 13.2. The molecule has 0 spiro atoms. The number of carbonyl (C=O) groups excluding carboxylic acids is 1. The third-order valence-corrected chi connectivity index (χ3v) is 5.61. The molecule has 1 aromatic heterocycles. The van der Waals surface area contributed by atoms with E-state index in [1.54, 1.807) is 4.90 Å². The first-order valence-electron chi connectivity index (χ1n) is 9.26. The lowest BCUT2D eigenvalue weighted by molar-refractivity contribution is 0.0917. The number of nitrogens with zero attached hydrogens (tertiary/aromatic N) is 2. The van der Waals surface area contributed by atoms with Crippen LogP contribution in [0.25, 0.3) is 10.2 Å². The lowest BCUT2D eigenvalue weighted by Crippen LogP contribution is -2.37. The van der Waals surface area contributed by atoms with E-state index in [2.05, 4.69) is 0 Å². The zero-order valence-corrected chi connectivity index (χ0v) is 16.1. The smallest absolute Gasteiger partial charge is 0.260 e. The molecule has 1 fully saturated rings. The first-order valence-corrected chi connectivity index (χ1v) is 10.1. The summed E-state index contributed by atoms with van der Waals surface area (Å²) in [6, 6.07) is 15.2. The summed E-state index contributed by atoms with van der Waals surface area (Å²) < 4.78 is 12.4. The highest BCUT2D eigenvalue weighted by molar-refractivity contribution is 7.22. The van der Waals surface area contributed by atoms with Gasteiger partial charge in [0, 0.05) is 12.2 Å². The maximum absolute atomic E-state index is 13.2. The number of amides is 1. The van der Waals surface area contributed by atoms with Crippen molar-refractivity contribution in [3.63, 3.8) is 0 Å². The largest absolute Gasteiger partial charge is 0.494 e. The molecule has 1 aliphatic heterocycles. The Labute approximate surface area is 162 Å². The fourth-order valence-electron chi connectivity index (χ4n) is 3.24. The van der Waals surface area contributed by atoms with Crippen molar-refractivity contribution < 1.29 is 14.3 Å². The quantitative estimate of drug-likeness (QED) is 0.629. The van der Waals surface area contributed by atoms with Gasteiger partial charge in [-0.2, -0.15) is 0 Å². The molecule has 2 aromatic carbocycles. The van der Waals surface area contributed by atoms with Crippen molar-refractivity contribution >= 4 is 32.6 Å². The number of rotatable bonds is 6. The summed E-state index contributed by atoms with van der Waals surface area (Å²) in [5.41, 5.74) is 1.53. The van der Waals surface area contributed by atoms with E-state index in [0.29, 0.717) is 23.8 Å². The molecule has 0 aliphatic carbocycles. The number of hydrogen-bond acceptors (Lipinski definition) is 5. The summed E-state index contributed by atoms with van der Waals surface area (Å²) in [7, 11) is 0. The number of anilines is 1. The van der Waals surface area contributed by atoms with Gasteiger partial charge in [0.05, 0.1) is 29.5 Å². The minimum Gasteiger partial charge on any atom is -0.494 e. The fourth-order valence-corrected chi connectivity index (χ4v) is 4.24. The van der Waals surface area contributed by atoms with Crippen LogP contribution >= 0.6 is 11.3 Å². The summed E-state index contributed by atoms with van der Waals surface area (Å²) in [6.07, 6.45) is 2.07. The molecular formula is C21H22N2O3S. The standard InChI is InChI=1S/C21H22N2O3S/c1-2-25-16-10-11-18-19(13-16)27-21(22-18)23(14-17-9-6-12-26-17)20(24)15-7-4-3-5-8-15/h3-5,7-8,10-11,13,17H,2,6,9,12,14H2,1H3. The van der Waals surface area contributed by atoms with Gasteiger partial charge in [-0.1, -0.05) is 29.5 Å². The van der Waals surface area contributed by atoms with Crippen LogP contribution in [0.4, 0.5) is 5.13 Å². The van der Waals surface area contributed by atoms with Gasteiger partial charge >= 0.3 is 0 Å². The highest BCUT2D eigenvalue weighted by atomic mass is 32.1. The van der Waals surface area contributed by atoms with E-state index in [1.807, 2.05) is 55.5 Å². The molecule has 0 bridgehead atoms. The summed E-state index contributed by atoms with van der Waals surface area (Å²) in [6.45, 7) is 3.86. The van der Waals surface area contributed by atoms with Crippen LogP contribution in [0.5, 0.6) is 5.75 Å². The number of carbonyl (C=O) groups is 1. The number of aromatic nitrogens is 1. The summed E-state index contributed by atoms with van der Waals surface area (Å²) in [4.78, 5) is 19.7. The van der Waals surface area contributed by atoms with Crippen molar-refractivity contribution in [2.45, 2.75) is 25.9 Å². The van der Waals surface area contributed by atoms with Gasteiger partial charge < -0.3 is 9.47 Å². The van der Waals surface area contributed by atoms with E-state index in [4.69, 9.17) is 14.5 Å². The molecule has 1 unspecified atom stereocenters. The van der Waals surface area contributed by atoms with Crippen molar-refractivity contribution in [3.8, 4) is 5.75 Å². The minimum absolute atomic E-state index is 0.0461. The number of ether oxygens (including phenoxy) is 2. The highest BCUT2D eigenvalue weighted by Gasteiger charge is 2.27. The molecule has 0 N–H and O–H groups in total. The normalized spacial score (nSPS) is 16.6. The van der Waals surface area contributed by atoms with Gasteiger partial charge in [-0.25, -0.2) is 4.98 Å². The summed E-state index contributed by atoms with van der Waals surface area (Å²) in [5.74, 6) is 0.774. The molecule has 0 radical (unpaired) electrons. The average Bonchev–Trinajstić information content (AvgIpc) is 3.35. The van der Waals surface area contributed by atoms with E-state index in [-0.39, 0.29) is 12.0 Å². The Hall–Kier alpha value is -2.44. The second kappa shape index (κ2) is 8.06. The fraction of sp³-hybridized carbons (Fsp3) is 0.333. The van der Waals surface area contributed by atoms with Gasteiger partial charge in [0.25, 0.3) is 5.91 Å². The van der Waals surface area contributed by atoms with Gasteiger partial charge in [0.1, 0.15) is 5.75 Å². The molecule has 3 aromatic rings. The van der Waals surface area contributed by atoms with Crippen LogP contribution in [0, 0.1) is 0 Å². The number of fused-ring (bicyclic) bond motifs is 1. The van der Waals surface area contributed by atoms with Gasteiger partial charge in [0.2, 0.25) is 0 Å². The van der Waals surface area contributed by atoms with Crippen LogP contribution in [0.2, 0.25) is 0 Å². The summed E-state index contributed by atoms with van der Waals surface area (Å²) >= 11 is 1.51. The third kappa shape index (κ3) is 3.96. The minimum atomic E-state index is -0.0461. The Kier molecular flexibility index (Phi) is 5.36. The first-order chi connectivity index (χ1) is 13.2. The van der Waals surface area contributed by atoms with Gasteiger partial charge in [0.15, 0.2) is 5.13 Å². The maximum Gasteiger partial charge on any atom is 0.260 e. The molecule has 27 heavy (non-hydrogen) atoms. The molecular weight excluding hydrogens is 360 g/mol. The van der Waals surface area contributed by atoms with Crippen LogP contribution in [0.3, 0.4) is 0 Å². The van der Waals surface area contributed by atoms with Gasteiger partial charge in [-0.05, 0) is 50.1 Å². The third-order valence-electron chi connectivity index (χ3n) is 4.57. The van der Waals surface area contributed by atoms with E-state index in [1.165, 1.54) is 11.3 Å². The van der Waals surface area contributed by atoms with Crippen molar-refractivity contribution in [2.75, 3.05) is 24.7 Å². The van der Waals surface area contributed by atoms with E-state index < -0.39 is 0 Å². The van der Waals surface area contributed by atoms with Crippen LogP contribution in [-0.2, 0) is 4.74 Å². The Morgan fingerprint density at radius 3 is 2.89 bits per heavy atom. The van der Waals surface area contributed by atoms with Crippen LogP contribution in [0.15, 0.2) is 48.5 Å². The van der Waals surface area contributed by atoms with Gasteiger partial charge in [-0.3, -0.25) is 9.69 Å². The monoisotopic (exact) mass is 382 g/mol. The Bertz CT molecular complexity index is 920. The topological polar surface area (TPSA) is 51.7 Å². The predicted molar refractivity (Wildman–Crippen MR) is 108 cm³/mol. The molecule has 5 nitrogen and oxygen atoms in total. The molecule has 4 rings (SSSR count). The summed E-state index contributed by atoms with van der Waals surface area (Å²) in [5, 5.41) is 0.697. The van der Waals surface area contributed by atoms with Gasteiger partial charge in [-0.15, -0.1) is 0 Å². The second-order valence-electron chi connectivity index (χ2n) is 6.48. The zero-order valence-electron chi connectivity index (χ0n) is 15.3. The van der Waals surface area contributed by atoms with Crippen LogP contribution in [0.1, 0.15) is 30.1 Å². The number of benzene rings is 2. The number of thiazole rings is 1. The molecule has 2 heterocycles.